The van der Waals surface area contributed by atoms with Crippen molar-refractivity contribution in [2.75, 3.05) is 0 Å². The van der Waals surface area contributed by atoms with Gasteiger partial charge in [-0.05, 0) is 62.1 Å². The van der Waals surface area contributed by atoms with Crippen LogP contribution in [0.1, 0.15) is 63.5 Å². The first-order chi connectivity index (χ1) is 16.9. The van der Waals surface area contributed by atoms with Gasteiger partial charge in [-0.2, -0.15) is 0 Å². The Morgan fingerprint density at radius 3 is 1.32 bits per heavy atom. The summed E-state index contributed by atoms with van der Waals surface area (Å²) in [5, 5.41) is 0. The Kier molecular flexibility index (Phi) is 11.0. The van der Waals surface area contributed by atoms with E-state index < -0.39 is 0 Å². The fourth-order valence-electron chi connectivity index (χ4n) is 6.20. The maximum absolute atomic E-state index is 5.20. The molecule has 7 rings (SSSR count). The molecule has 0 atom stereocenters. The van der Waals surface area contributed by atoms with E-state index in [0.717, 1.165) is 34.1 Å². The largest absolute Gasteiger partial charge is 3.00 e. The molecule has 0 aliphatic heterocycles. The van der Waals surface area contributed by atoms with Crippen molar-refractivity contribution in [3.8, 4) is 23.0 Å². The molecule has 2 aliphatic rings. The summed E-state index contributed by atoms with van der Waals surface area (Å²) in [5.74, 6) is 1.97. The Morgan fingerprint density at radius 2 is 0.895 bits per heavy atom. The van der Waals surface area contributed by atoms with Crippen molar-refractivity contribution in [2.24, 2.45) is 0 Å². The zero-order valence-corrected chi connectivity index (χ0v) is 26.5. The van der Waals surface area contributed by atoms with Gasteiger partial charge in [-0.1, -0.05) is 56.0 Å². The first-order valence-electron chi connectivity index (χ1n) is 12.8. The van der Waals surface area contributed by atoms with Crippen molar-refractivity contribution < 1.29 is 78.1 Å². The van der Waals surface area contributed by atoms with Crippen LogP contribution in [-0.4, -0.2) is 24.1 Å². The maximum Gasteiger partial charge on any atom is 3.00 e. The number of hydrogen-bond acceptors (Lipinski definition) is 3. The SMILES string of the molecule is [Cl-].[Cl-].[Cl-].[Nd+3].c1cc(-c2nc3ccccc3n2C2CCCC2)nc(-c2nc3ccccc3n2C2CCCC2)c1. The number of hydrogen-bond donors (Lipinski definition) is 0. The smallest absolute Gasteiger partial charge is 1.00 e. The fraction of sp³-hybridized carbons (Fsp3) is 0.345. The van der Waals surface area contributed by atoms with Crippen LogP contribution in [0.2, 0.25) is 0 Å². The molecule has 2 saturated carbocycles. The van der Waals surface area contributed by atoms with Crippen LogP contribution in [0.4, 0.5) is 0 Å². The monoisotopic (exact) mass is 694 g/mol. The molecular formula is C29H29Cl3N5Nd. The van der Waals surface area contributed by atoms with E-state index in [-0.39, 0.29) is 78.1 Å². The number of nitrogens with zero attached hydrogens (tertiary/aromatic N) is 5. The van der Waals surface area contributed by atoms with Gasteiger partial charge in [0, 0.05) is 12.1 Å². The van der Waals surface area contributed by atoms with Gasteiger partial charge >= 0.3 is 40.8 Å². The van der Waals surface area contributed by atoms with Gasteiger partial charge in [0.25, 0.3) is 0 Å². The normalized spacial score (nSPS) is 15.6. The van der Waals surface area contributed by atoms with E-state index in [4.69, 9.17) is 15.0 Å². The van der Waals surface area contributed by atoms with E-state index >= 15 is 0 Å². The number of rotatable bonds is 4. The van der Waals surface area contributed by atoms with Crippen LogP contribution in [0.5, 0.6) is 0 Å². The molecular weight excluding hydrogens is 669 g/mol. The van der Waals surface area contributed by atoms with Gasteiger partial charge in [-0.3, -0.25) is 0 Å². The first kappa shape index (κ1) is 31.3. The van der Waals surface area contributed by atoms with E-state index in [2.05, 4.69) is 75.9 Å². The fourth-order valence-corrected chi connectivity index (χ4v) is 6.20. The molecule has 0 saturated heterocycles. The number of para-hydroxylation sites is 4. The van der Waals surface area contributed by atoms with Crippen molar-refractivity contribution in [1.29, 1.82) is 0 Å². The molecule has 3 heterocycles. The van der Waals surface area contributed by atoms with Gasteiger partial charge in [0.15, 0.2) is 11.6 Å². The molecule has 3 aromatic heterocycles. The molecule has 0 N–H and O–H groups in total. The second-order valence-corrected chi connectivity index (χ2v) is 9.87. The van der Waals surface area contributed by atoms with Crippen molar-refractivity contribution >= 4 is 22.1 Å². The van der Waals surface area contributed by atoms with E-state index in [1.54, 1.807) is 0 Å². The van der Waals surface area contributed by atoms with E-state index in [0.29, 0.717) is 12.1 Å². The molecule has 5 nitrogen and oxygen atoms in total. The minimum Gasteiger partial charge on any atom is -1.00 e. The first-order valence-corrected chi connectivity index (χ1v) is 12.8. The number of benzene rings is 2. The summed E-state index contributed by atoms with van der Waals surface area (Å²) in [6.45, 7) is 0. The number of aromatic nitrogens is 5. The van der Waals surface area contributed by atoms with Crippen LogP contribution in [0.3, 0.4) is 0 Å². The summed E-state index contributed by atoms with van der Waals surface area (Å²) < 4.78 is 4.91. The summed E-state index contributed by atoms with van der Waals surface area (Å²) >= 11 is 0. The van der Waals surface area contributed by atoms with Crippen molar-refractivity contribution in [3.63, 3.8) is 0 Å². The molecule has 0 bridgehead atoms. The molecule has 0 unspecified atom stereocenters. The topological polar surface area (TPSA) is 48.5 Å². The molecule has 38 heavy (non-hydrogen) atoms. The van der Waals surface area contributed by atoms with Crippen LogP contribution in [0.15, 0.2) is 66.7 Å². The summed E-state index contributed by atoms with van der Waals surface area (Å²) in [6, 6.07) is 24.4. The zero-order chi connectivity index (χ0) is 22.5. The van der Waals surface area contributed by atoms with Gasteiger partial charge in [-0.25, -0.2) is 15.0 Å². The van der Waals surface area contributed by atoms with Crippen molar-refractivity contribution in [2.45, 2.75) is 63.5 Å². The van der Waals surface area contributed by atoms with Gasteiger partial charge < -0.3 is 46.4 Å². The molecule has 0 amide bonds. The number of pyridine rings is 1. The number of halogens is 3. The minimum absolute atomic E-state index is 0. The summed E-state index contributed by atoms with van der Waals surface area (Å²) in [5.41, 5.74) is 6.41. The van der Waals surface area contributed by atoms with Gasteiger partial charge in [0.1, 0.15) is 11.4 Å². The van der Waals surface area contributed by atoms with Crippen LogP contribution in [0, 0.1) is 40.8 Å². The van der Waals surface area contributed by atoms with E-state index in [9.17, 15) is 0 Å². The molecule has 195 valence electrons. The average Bonchev–Trinajstić information content (AvgIpc) is 3.68. The summed E-state index contributed by atoms with van der Waals surface area (Å²) in [6.07, 6.45) is 10.0. The average molecular weight is 698 g/mol. The Balaban J connectivity index is 0.000001000. The molecule has 5 aromatic rings. The van der Waals surface area contributed by atoms with Crippen LogP contribution in [0.25, 0.3) is 45.1 Å². The third-order valence-corrected chi connectivity index (χ3v) is 7.78. The van der Waals surface area contributed by atoms with Crippen LogP contribution < -0.4 is 37.2 Å². The molecule has 1 radical (unpaired) electrons. The predicted molar refractivity (Wildman–Crippen MR) is 137 cm³/mol. The molecule has 2 aliphatic carbocycles. The van der Waals surface area contributed by atoms with Gasteiger partial charge in [0.2, 0.25) is 0 Å². The molecule has 2 fully saturated rings. The Labute approximate surface area is 275 Å². The predicted octanol–water partition coefficient (Wildman–Crippen LogP) is -1.64. The zero-order valence-electron chi connectivity index (χ0n) is 21.0. The third-order valence-electron chi connectivity index (χ3n) is 7.78. The Hall–Kier alpha value is -1.25. The summed E-state index contributed by atoms with van der Waals surface area (Å²) in [7, 11) is 0. The second-order valence-electron chi connectivity index (χ2n) is 9.87. The number of fused-ring (bicyclic) bond motifs is 2. The van der Waals surface area contributed by atoms with Crippen molar-refractivity contribution in [1.82, 2.24) is 24.1 Å². The van der Waals surface area contributed by atoms with Gasteiger partial charge in [-0.15, -0.1) is 0 Å². The third kappa shape index (κ3) is 5.51. The summed E-state index contributed by atoms with van der Waals surface area (Å²) in [4.78, 5) is 15.4. The van der Waals surface area contributed by atoms with Crippen LogP contribution in [-0.2, 0) is 0 Å². The molecule has 9 heteroatoms. The molecule has 2 aromatic carbocycles. The van der Waals surface area contributed by atoms with Crippen molar-refractivity contribution in [3.05, 3.63) is 66.7 Å². The van der Waals surface area contributed by atoms with E-state index in [1.165, 1.54) is 62.4 Å². The standard InChI is InChI=1S/C29H29N5.3ClH.Nd/c1-2-11-20(10-1)33-26-18-7-5-14-22(26)31-28(33)24-16-9-17-25(30-24)29-32-23-15-6-8-19-27(23)34(29)21-12-3-4-13-21;;;;/h5-9,14-21H,1-4,10-13H2;3*1H;/q;;;;+3/p-3. The second kappa shape index (κ2) is 13.4. The van der Waals surface area contributed by atoms with E-state index in [1.807, 2.05) is 0 Å². The van der Waals surface area contributed by atoms with Gasteiger partial charge in [0.05, 0.1) is 22.1 Å². The number of imidazole rings is 2. The minimum atomic E-state index is 0. The maximum atomic E-state index is 5.20. The Bertz CT molecular complexity index is 1390. The Morgan fingerprint density at radius 1 is 0.500 bits per heavy atom. The molecule has 0 spiro atoms. The quantitative estimate of drug-likeness (QED) is 0.227. The van der Waals surface area contributed by atoms with Crippen LogP contribution >= 0.6 is 0 Å².